The Bertz CT molecular complexity index is 757. The van der Waals surface area contributed by atoms with Crippen molar-refractivity contribution in [3.05, 3.63) is 29.3 Å². The van der Waals surface area contributed by atoms with E-state index < -0.39 is 0 Å². The highest BCUT2D eigenvalue weighted by atomic mass is 16.5. The van der Waals surface area contributed by atoms with Gasteiger partial charge in [-0.2, -0.15) is 4.98 Å². The minimum atomic E-state index is 0.494. The maximum Gasteiger partial charge on any atom is 0.223 e. The molecule has 0 radical (unpaired) electrons. The summed E-state index contributed by atoms with van der Waals surface area (Å²) in [6, 6.07) is 0. The Hall–Kier alpha value is -2.44. The smallest absolute Gasteiger partial charge is 0.223 e. The number of fused-ring (bicyclic) bond motifs is 1. The van der Waals surface area contributed by atoms with Gasteiger partial charge in [-0.25, -0.2) is 9.97 Å². The summed E-state index contributed by atoms with van der Waals surface area (Å²) in [6.45, 7) is 6.30. The number of hydrogen-bond acceptors (Lipinski definition) is 6. The van der Waals surface area contributed by atoms with E-state index in [2.05, 4.69) is 20.1 Å². The van der Waals surface area contributed by atoms with Gasteiger partial charge in [-0.3, -0.25) is 0 Å². The fourth-order valence-electron chi connectivity index (χ4n) is 2.24. The van der Waals surface area contributed by atoms with E-state index in [1.54, 1.807) is 6.92 Å². The molecule has 0 aliphatic carbocycles. The van der Waals surface area contributed by atoms with E-state index in [9.17, 15) is 0 Å². The van der Waals surface area contributed by atoms with Crippen molar-refractivity contribution in [1.29, 1.82) is 0 Å². The number of nitrogens with zero attached hydrogens (tertiary/aromatic N) is 5. The quantitative estimate of drug-likeness (QED) is 0.745. The molecule has 3 rings (SSSR count). The fourth-order valence-corrected chi connectivity index (χ4v) is 2.24. The molecule has 0 unspecified atom stereocenters. The molecule has 0 atom stereocenters. The summed E-state index contributed by atoms with van der Waals surface area (Å²) in [6.07, 6.45) is 1.47. The molecular weight excluding hydrogens is 244 g/mol. The standard InChI is InChI=1S/C12H14N6O/c1-6-7(2)18(4-9-16-8(3)19-17-9)12-10(6)11(13)14-5-15-12/h5H,4H2,1-3H3,(H2,13,14,15). The molecule has 0 amide bonds. The molecular formula is C12H14N6O. The number of anilines is 1. The lowest BCUT2D eigenvalue weighted by Gasteiger charge is -2.03. The van der Waals surface area contributed by atoms with Crippen molar-refractivity contribution in [3.8, 4) is 0 Å². The number of rotatable bonds is 2. The van der Waals surface area contributed by atoms with Gasteiger partial charge in [0.05, 0.1) is 11.9 Å². The zero-order chi connectivity index (χ0) is 13.6. The van der Waals surface area contributed by atoms with Gasteiger partial charge in [-0.15, -0.1) is 0 Å². The van der Waals surface area contributed by atoms with Gasteiger partial charge < -0.3 is 14.8 Å². The molecule has 7 nitrogen and oxygen atoms in total. The van der Waals surface area contributed by atoms with Crippen LogP contribution in [0.4, 0.5) is 5.82 Å². The second kappa shape index (κ2) is 4.04. The zero-order valence-corrected chi connectivity index (χ0v) is 11.0. The van der Waals surface area contributed by atoms with E-state index in [1.807, 2.05) is 18.4 Å². The van der Waals surface area contributed by atoms with Crippen LogP contribution in [0.3, 0.4) is 0 Å². The average molecular weight is 258 g/mol. The van der Waals surface area contributed by atoms with E-state index in [0.29, 0.717) is 24.1 Å². The Morgan fingerprint density at radius 3 is 2.74 bits per heavy atom. The van der Waals surface area contributed by atoms with Crippen molar-refractivity contribution in [3.63, 3.8) is 0 Å². The first-order valence-corrected chi connectivity index (χ1v) is 5.93. The van der Waals surface area contributed by atoms with Crippen molar-refractivity contribution in [1.82, 2.24) is 24.7 Å². The molecule has 0 bridgehead atoms. The van der Waals surface area contributed by atoms with Gasteiger partial charge in [0.2, 0.25) is 5.89 Å². The van der Waals surface area contributed by atoms with Gasteiger partial charge in [0, 0.05) is 12.6 Å². The number of nitrogen functional groups attached to an aromatic ring is 1. The van der Waals surface area contributed by atoms with Crippen LogP contribution in [0.5, 0.6) is 0 Å². The number of hydrogen-bond donors (Lipinski definition) is 1. The molecule has 0 aliphatic rings. The molecule has 2 N–H and O–H groups in total. The van der Waals surface area contributed by atoms with Crippen LogP contribution in [-0.4, -0.2) is 24.7 Å². The molecule has 3 aromatic heterocycles. The third-order valence-corrected chi connectivity index (χ3v) is 3.30. The Labute approximate surface area is 109 Å². The summed E-state index contributed by atoms with van der Waals surface area (Å²) < 4.78 is 7.01. The summed E-state index contributed by atoms with van der Waals surface area (Å²) in [5, 5.41) is 4.80. The minimum absolute atomic E-state index is 0.494. The lowest BCUT2D eigenvalue weighted by molar-refractivity contribution is 0.386. The van der Waals surface area contributed by atoms with Crippen LogP contribution in [0.2, 0.25) is 0 Å². The van der Waals surface area contributed by atoms with Crippen molar-refractivity contribution in [2.45, 2.75) is 27.3 Å². The Morgan fingerprint density at radius 1 is 1.26 bits per heavy atom. The first kappa shape index (κ1) is 11.6. The molecule has 3 aromatic rings. The summed E-state index contributed by atoms with van der Waals surface area (Å²) >= 11 is 0. The average Bonchev–Trinajstić information content (AvgIpc) is 2.88. The molecule has 0 saturated heterocycles. The summed E-state index contributed by atoms with van der Waals surface area (Å²) in [7, 11) is 0. The summed E-state index contributed by atoms with van der Waals surface area (Å²) in [4.78, 5) is 12.6. The van der Waals surface area contributed by atoms with Crippen molar-refractivity contribution >= 4 is 16.9 Å². The van der Waals surface area contributed by atoms with Crippen LogP contribution >= 0.6 is 0 Å². The molecule has 3 heterocycles. The van der Waals surface area contributed by atoms with Gasteiger partial charge >= 0.3 is 0 Å². The Balaban J connectivity index is 2.18. The molecule has 19 heavy (non-hydrogen) atoms. The van der Waals surface area contributed by atoms with Crippen LogP contribution in [0, 0.1) is 20.8 Å². The van der Waals surface area contributed by atoms with Crippen LogP contribution < -0.4 is 5.73 Å². The summed E-state index contributed by atoms with van der Waals surface area (Å²) in [5.74, 6) is 1.67. The van der Waals surface area contributed by atoms with Gasteiger partial charge in [-0.05, 0) is 19.4 Å². The van der Waals surface area contributed by atoms with E-state index in [-0.39, 0.29) is 0 Å². The maximum absolute atomic E-state index is 5.92. The molecule has 7 heteroatoms. The van der Waals surface area contributed by atoms with Gasteiger partial charge in [0.1, 0.15) is 17.8 Å². The number of aryl methyl sites for hydroxylation is 2. The van der Waals surface area contributed by atoms with Crippen LogP contribution in [0.1, 0.15) is 23.0 Å². The van der Waals surface area contributed by atoms with Gasteiger partial charge in [0.25, 0.3) is 0 Å². The van der Waals surface area contributed by atoms with Crippen molar-refractivity contribution in [2.24, 2.45) is 0 Å². The van der Waals surface area contributed by atoms with E-state index in [0.717, 1.165) is 22.3 Å². The first-order chi connectivity index (χ1) is 9.08. The third-order valence-electron chi connectivity index (χ3n) is 3.30. The van der Waals surface area contributed by atoms with E-state index in [1.165, 1.54) is 6.33 Å². The highest BCUT2D eigenvalue weighted by molar-refractivity contribution is 5.90. The largest absolute Gasteiger partial charge is 0.383 e. The second-order valence-corrected chi connectivity index (χ2v) is 4.48. The fraction of sp³-hybridized carbons (Fsp3) is 0.333. The van der Waals surface area contributed by atoms with Gasteiger partial charge in [-0.1, -0.05) is 5.16 Å². The molecule has 0 fully saturated rings. The van der Waals surface area contributed by atoms with Crippen LogP contribution in [0.15, 0.2) is 10.9 Å². The lowest BCUT2D eigenvalue weighted by Crippen LogP contribution is -2.05. The summed E-state index contributed by atoms with van der Waals surface area (Å²) in [5.41, 5.74) is 8.87. The van der Waals surface area contributed by atoms with Gasteiger partial charge in [0.15, 0.2) is 5.82 Å². The minimum Gasteiger partial charge on any atom is -0.383 e. The Morgan fingerprint density at radius 2 is 2.05 bits per heavy atom. The first-order valence-electron chi connectivity index (χ1n) is 5.93. The normalized spacial score (nSPS) is 11.3. The van der Waals surface area contributed by atoms with Crippen LogP contribution in [-0.2, 0) is 6.54 Å². The second-order valence-electron chi connectivity index (χ2n) is 4.48. The van der Waals surface area contributed by atoms with Crippen molar-refractivity contribution < 1.29 is 4.52 Å². The monoisotopic (exact) mass is 258 g/mol. The van der Waals surface area contributed by atoms with Crippen LogP contribution in [0.25, 0.3) is 11.0 Å². The Kier molecular flexibility index (Phi) is 2.48. The predicted octanol–water partition coefficient (Wildman–Crippen LogP) is 1.37. The van der Waals surface area contributed by atoms with Crippen molar-refractivity contribution in [2.75, 3.05) is 5.73 Å². The molecule has 98 valence electrons. The predicted molar refractivity (Wildman–Crippen MR) is 69.6 cm³/mol. The number of nitrogens with two attached hydrogens (primary N) is 1. The molecule has 0 aromatic carbocycles. The topological polar surface area (TPSA) is 95.7 Å². The van der Waals surface area contributed by atoms with E-state index in [4.69, 9.17) is 10.3 Å². The lowest BCUT2D eigenvalue weighted by atomic mass is 10.2. The zero-order valence-electron chi connectivity index (χ0n) is 11.0. The molecule has 0 spiro atoms. The van der Waals surface area contributed by atoms with E-state index >= 15 is 0 Å². The molecule has 0 aliphatic heterocycles. The highest BCUT2D eigenvalue weighted by Gasteiger charge is 2.16. The third kappa shape index (κ3) is 1.74. The molecule has 0 saturated carbocycles. The maximum atomic E-state index is 5.92. The number of aromatic nitrogens is 5. The highest BCUT2D eigenvalue weighted by Crippen LogP contribution is 2.27. The SMILES string of the molecule is Cc1nc(Cn2c(C)c(C)c3c(N)ncnc32)no1.